The molecule has 4 nitrogen and oxygen atoms in total. The summed E-state index contributed by atoms with van der Waals surface area (Å²) in [6.45, 7) is 1.46. The van der Waals surface area contributed by atoms with Crippen LogP contribution < -0.4 is 4.72 Å². The maximum Gasteiger partial charge on any atom is 0.417 e. The summed E-state index contributed by atoms with van der Waals surface area (Å²) in [4.78, 5) is -0.886. The topological polar surface area (TPSA) is 59.3 Å². The Morgan fingerprint density at radius 3 is 2.50 bits per heavy atom. The van der Waals surface area contributed by atoms with Crippen molar-refractivity contribution in [2.75, 3.05) is 0 Å². The highest BCUT2D eigenvalue weighted by Crippen LogP contribution is 2.36. The minimum atomic E-state index is -4.84. The molecule has 0 aliphatic rings. The van der Waals surface area contributed by atoms with Crippen LogP contribution in [0.1, 0.15) is 24.3 Å². The largest absolute Gasteiger partial charge is 0.468 e. The second-order valence-corrected chi connectivity index (χ2v) is 6.62. The molecular formula is C13H11ClF3NO3S. The molecule has 2 rings (SSSR count). The maximum atomic E-state index is 13.0. The molecule has 0 amide bonds. The van der Waals surface area contributed by atoms with Crippen molar-refractivity contribution in [2.45, 2.75) is 24.0 Å². The van der Waals surface area contributed by atoms with Crippen LogP contribution in [0.15, 0.2) is 45.9 Å². The second kappa shape index (κ2) is 5.94. The predicted octanol–water partition coefficient (Wildman–Crippen LogP) is 3.99. The van der Waals surface area contributed by atoms with E-state index in [9.17, 15) is 21.6 Å². The van der Waals surface area contributed by atoms with E-state index in [-0.39, 0.29) is 10.8 Å². The van der Waals surface area contributed by atoms with Gasteiger partial charge in [0.2, 0.25) is 10.0 Å². The molecule has 2 aromatic rings. The third kappa shape index (κ3) is 3.63. The minimum Gasteiger partial charge on any atom is -0.468 e. The van der Waals surface area contributed by atoms with E-state index in [1.807, 2.05) is 0 Å². The molecular weight excluding hydrogens is 343 g/mol. The Hall–Kier alpha value is -1.51. The number of hydrogen-bond acceptors (Lipinski definition) is 3. The second-order valence-electron chi connectivity index (χ2n) is 4.50. The molecule has 0 aliphatic carbocycles. The highest BCUT2D eigenvalue weighted by molar-refractivity contribution is 7.89. The zero-order valence-electron chi connectivity index (χ0n) is 11.2. The monoisotopic (exact) mass is 353 g/mol. The number of rotatable bonds is 4. The Morgan fingerprint density at radius 2 is 1.95 bits per heavy atom. The first-order valence-electron chi connectivity index (χ1n) is 6.04. The van der Waals surface area contributed by atoms with Crippen LogP contribution in [0, 0.1) is 0 Å². The van der Waals surface area contributed by atoms with E-state index < -0.39 is 32.7 Å². The normalized spacial score (nSPS) is 14.0. The summed E-state index contributed by atoms with van der Waals surface area (Å²) in [5.74, 6) is 0.283. The predicted molar refractivity (Wildman–Crippen MR) is 73.9 cm³/mol. The van der Waals surface area contributed by atoms with E-state index in [4.69, 9.17) is 16.0 Å². The van der Waals surface area contributed by atoms with Gasteiger partial charge in [-0.1, -0.05) is 11.6 Å². The lowest BCUT2D eigenvalue weighted by Crippen LogP contribution is -2.28. The third-order valence-corrected chi connectivity index (χ3v) is 4.67. The zero-order valence-corrected chi connectivity index (χ0v) is 12.8. The van der Waals surface area contributed by atoms with Gasteiger partial charge in [-0.2, -0.15) is 13.2 Å². The SMILES string of the molecule is C[C@@H](NS(=O)(=O)c1ccc(Cl)cc1C(F)(F)F)c1ccco1. The van der Waals surface area contributed by atoms with Crippen LogP contribution in [-0.4, -0.2) is 8.42 Å². The molecule has 0 spiro atoms. The molecule has 120 valence electrons. The Kier molecular flexibility index (Phi) is 4.55. The molecule has 22 heavy (non-hydrogen) atoms. The van der Waals surface area contributed by atoms with Gasteiger partial charge in [-0.15, -0.1) is 0 Å². The van der Waals surface area contributed by atoms with E-state index in [2.05, 4.69) is 4.72 Å². The molecule has 0 fully saturated rings. The molecule has 1 aromatic carbocycles. The highest BCUT2D eigenvalue weighted by Gasteiger charge is 2.38. The summed E-state index contributed by atoms with van der Waals surface area (Å²) in [6.07, 6.45) is -3.51. The molecule has 0 radical (unpaired) electrons. The van der Waals surface area contributed by atoms with Crippen molar-refractivity contribution in [3.63, 3.8) is 0 Å². The standard InChI is InChI=1S/C13H11ClF3NO3S/c1-8(11-3-2-6-21-11)18-22(19,20)12-5-4-9(14)7-10(12)13(15,16)17/h2-8,18H,1H3/t8-/m1/s1. The molecule has 1 aromatic heterocycles. The number of halogens is 4. The highest BCUT2D eigenvalue weighted by atomic mass is 35.5. The molecule has 0 aliphatic heterocycles. The number of furan rings is 1. The van der Waals surface area contributed by atoms with Crippen LogP contribution >= 0.6 is 11.6 Å². The molecule has 0 unspecified atom stereocenters. The number of sulfonamides is 1. The van der Waals surface area contributed by atoms with Crippen LogP contribution in [-0.2, 0) is 16.2 Å². The minimum absolute atomic E-state index is 0.203. The number of alkyl halides is 3. The van der Waals surface area contributed by atoms with Gasteiger partial charge in [0.15, 0.2) is 0 Å². The van der Waals surface area contributed by atoms with Crippen molar-refractivity contribution >= 4 is 21.6 Å². The van der Waals surface area contributed by atoms with E-state index in [1.54, 1.807) is 6.07 Å². The van der Waals surface area contributed by atoms with Gasteiger partial charge in [0, 0.05) is 5.02 Å². The van der Waals surface area contributed by atoms with Gasteiger partial charge in [0.05, 0.1) is 22.8 Å². The van der Waals surface area contributed by atoms with Crippen LogP contribution in [0.5, 0.6) is 0 Å². The van der Waals surface area contributed by atoms with E-state index in [0.29, 0.717) is 6.07 Å². The Morgan fingerprint density at radius 1 is 1.27 bits per heavy atom. The van der Waals surface area contributed by atoms with Crippen molar-refractivity contribution < 1.29 is 26.0 Å². The van der Waals surface area contributed by atoms with Crippen molar-refractivity contribution in [1.82, 2.24) is 4.72 Å². The van der Waals surface area contributed by atoms with Crippen molar-refractivity contribution in [3.05, 3.63) is 52.9 Å². The summed E-state index contributed by atoms with van der Waals surface area (Å²) in [7, 11) is -4.40. The van der Waals surface area contributed by atoms with Crippen molar-refractivity contribution in [1.29, 1.82) is 0 Å². The quantitative estimate of drug-likeness (QED) is 0.904. The fraction of sp³-hybridized carbons (Fsp3) is 0.231. The summed E-state index contributed by atoms with van der Waals surface area (Å²) in [5, 5.41) is -0.203. The Labute approximate surface area is 129 Å². The van der Waals surface area contributed by atoms with Gasteiger partial charge >= 0.3 is 6.18 Å². The van der Waals surface area contributed by atoms with Crippen molar-refractivity contribution in [3.8, 4) is 0 Å². The fourth-order valence-electron chi connectivity index (χ4n) is 1.85. The molecule has 0 bridgehead atoms. The Bertz CT molecular complexity index is 757. The van der Waals surface area contributed by atoms with Gasteiger partial charge in [0.1, 0.15) is 5.76 Å². The van der Waals surface area contributed by atoms with Crippen LogP contribution in [0.3, 0.4) is 0 Å². The molecule has 0 saturated carbocycles. The zero-order chi connectivity index (χ0) is 16.5. The fourth-order valence-corrected chi connectivity index (χ4v) is 3.44. The molecule has 1 heterocycles. The van der Waals surface area contributed by atoms with Crippen molar-refractivity contribution in [2.24, 2.45) is 0 Å². The number of benzene rings is 1. The lowest BCUT2D eigenvalue weighted by molar-refractivity contribution is -0.139. The molecule has 9 heteroatoms. The van der Waals surface area contributed by atoms with Crippen LogP contribution in [0.2, 0.25) is 5.02 Å². The smallest absolute Gasteiger partial charge is 0.417 e. The Balaban J connectivity index is 2.42. The van der Waals surface area contributed by atoms with Gasteiger partial charge in [-0.05, 0) is 37.3 Å². The molecule has 1 atom stereocenters. The summed E-state index contributed by atoms with van der Waals surface area (Å²) in [6, 6.07) is 4.72. The lowest BCUT2D eigenvalue weighted by atomic mass is 10.2. The van der Waals surface area contributed by atoms with Crippen LogP contribution in [0.25, 0.3) is 0 Å². The maximum absolute atomic E-state index is 13.0. The first kappa shape index (κ1) is 16.9. The van der Waals surface area contributed by atoms with Gasteiger partial charge in [-0.25, -0.2) is 13.1 Å². The average Bonchev–Trinajstić information content (AvgIpc) is 2.90. The van der Waals surface area contributed by atoms with Gasteiger partial charge in [0.25, 0.3) is 0 Å². The number of nitrogens with one attached hydrogen (secondary N) is 1. The first-order valence-corrected chi connectivity index (χ1v) is 7.90. The molecule has 1 N–H and O–H groups in total. The van der Waals surface area contributed by atoms with E-state index in [0.717, 1.165) is 12.1 Å². The number of hydrogen-bond donors (Lipinski definition) is 1. The third-order valence-electron chi connectivity index (χ3n) is 2.84. The first-order chi connectivity index (χ1) is 10.1. The van der Waals surface area contributed by atoms with Gasteiger partial charge < -0.3 is 4.42 Å². The lowest BCUT2D eigenvalue weighted by Gasteiger charge is -2.16. The average molecular weight is 354 g/mol. The van der Waals surface area contributed by atoms with Gasteiger partial charge in [-0.3, -0.25) is 0 Å². The summed E-state index contributed by atoms with van der Waals surface area (Å²) < 4.78 is 70.6. The molecule has 0 saturated heterocycles. The van der Waals surface area contributed by atoms with Crippen LogP contribution in [0.4, 0.5) is 13.2 Å². The van der Waals surface area contributed by atoms with E-state index in [1.165, 1.54) is 19.3 Å². The summed E-state index contributed by atoms with van der Waals surface area (Å²) in [5.41, 5.74) is -1.32. The summed E-state index contributed by atoms with van der Waals surface area (Å²) >= 11 is 5.53. The van der Waals surface area contributed by atoms with E-state index >= 15 is 0 Å².